The number of phenols is 1. The zero-order valence-corrected chi connectivity index (χ0v) is 17.5. The lowest BCUT2D eigenvalue weighted by Crippen LogP contribution is -2.34. The van der Waals surface area contributed by atoms with Crippen molar-refractivity contribution in [2.45, 2.75) is 6.92 Å². The molecule has 0 aliphatic rings. The number of thiocarbonyl (C=S) groups is 1. The van der Waals surface area contributed by atoms with Crippen LogP contribution in [0, 0.1) is 17.0 Å². The van der Waals surface area contributed by atoms with Crippen molar-refractivity contribution in [3.05, 3.63) is 81.9 Å². The number of non-ortho nitro benzene ring substituents is 1. The van der Waals surface area contributed by atoms with E-state index < -0.39 is 10.8 Å². The highest BCUT2D eigenvalue weighted by atomic mass is 32.1. The number of nitrogens with zero attached hydrogens (tertiary/aromatic N) is 2. The van der Waals surface area contributed by atoms with Crippen LogP contribution in [-0.2, 0) is 0 Å². The average molecular weight is 448 g/mol. The van der Waals surface area contributed by atoms with Gasteiger partial charge in [-0.15, -0.1) is 0 Å². The van der Waals surface area contributed by atoms with Gasteiger partial charge in [0.2, 0.25) is 5.89 Å². The van der Waals surface area contributed by atoms with Gasteiger partial charge in [-0.25, -0.2) is 4.98 Å². The third-order valence-corrected chi connectivity index (χ3v) is 4.83. The van der Waals surface area contributed by atoms with Gasteiger partial charge >= 0.3 is 0 Å². The van der Waals surface area contributed by atoms with Crippen LogP contribution >= 0.6 is 12.2 Å². The van der Waals surface area contributed by atoms with E-state index in [1.165, 1.54) is 18.2 Å². The summed E-state index contributed by atoms with van der Waals surface area (Å²) >= 11 is 5.21. The van der Waals surface area contributed by atoms with Crippen LogP contribution in [0.2, 0.25) is 0 Å². The minimum Gasteiger partial charge on any atom is -0.507 e. The monoisotopic (exact) mass is 448 g/mol. The maximum atomic E-state index is 12.4. The Bertz CT molecular complexity index is 1350. The molecule has 0 fully saturated rings. The molecule has 0 aliphatic heterocycles. The third-order valence-electron chi connectivity index (χ3n) is 4.63. The van der Waals surface area contributed by atoms with Gasteiger partial charge in [0, 0.05) is 23.4 Å². The van der Waals surface area contributed by atoms with Crippen LogP contribution in [0.25, 0.3) is 22.6 Å². The molecule has 32 heavy (non-hydrogen) atoms. The van der Waals surface area contributed by atoms with Crippen molar-refractivity contribution in [3.8, 4) is 17.2 Å². The summed E-state index contributed by atoms with van der Waals surface area (Å²) in [6.07, 6.45) is 0. The van der Waals surface area contributed by atoms with Gasteiger partial charge in [-0.05, 0) is 55.0 Å². The van der Waals surface area contributed by atoms with E-state index in [4.69, 9.17) is 16.6 Å². The Labute approximate surface area is 186 Å². The molecule has 1 aromatic heterocycles. The fourth-order valence-corrected chi connectivity index (χ4v) is 3.31. The number of carbonyl (C=O) groups is 1. The fraction of sp³-hybridized carbons (Fsp3) is 0.0455. The molecule has 10 heteroatoms. The van der Waals surface area contributed by atoms with E-state index in [1.807, 2.05) is 12.1 Å². The Kier molecular flexibility index (Phi) is 5.52. The second-order valence-electron chi connectivity index (χ2n) is 6.89. The number of nitrogens with one attached hydrogen (secondary N) is 2. The molecule has 0 radical (unpaired) electrons. The number of para-hydroxylation sites is 2. The molecule has 0 saturated heterocycles. The second-order valence-corrected chi connectivity index (χ2v) is 7.30. The summed E-state index contributed by atoms with van der Waals surface area (Å²) in [4.78, 5) is 27.1. The first-order valence-electron chi connectivity index (χ1n) is 9.38. The Balaban J connectivity index is 1.55. The molecule has 4 aromatic rings. The van der Waals surface area contributed by atoms with Crippen molar-refractivity contribution in [2.24, 2.45) is 0 Å². The zero-order valence-electron chi connectivity index (χ0n) is 16.7. The number of hydrogen-bond acceptors (Lipinski definition) is 7. The smallest absolute Gasteiger partial charge is 0.270 e. The number of amides is 1. The number of aromatic nitrogens is 1. The Morgan fingerprint density at radius 3 is 2.69 bits per heavy atom. The fourth-order valence-electron chi connectivity index (χ4n) is 3.10. The van der Waals surface area contributed by atoms with Crippen LogP contribution in [0.3, 0.4) is 0 Å². The number of benzene rings is 3. The lowest BCUT2D eigenvalue weighted by Gasteiger charge is -2.12. The molecule has 3 aromatic carbocycles. The van der Waals surface area contributed by atoms with Crippen molar-refractivity contribution in [1.82, 2.24) is 10.3 Å². The molecule has 0 spiro atoms. The highest BCUT2D eigenvalue weighted by Gasteiger charge is 2.17. The van der Waals surface area contributed by atoms with Gasteiger partial charge in [-0.3, -0.25) is 20.2 Å². The SMILES string of the molecule is Cc1cc(NC(=S)NC(=O)c2cccc([N+](=O)[O-])c2)cc(-c2nc3ccccc3o2)c1O. The number of hydrogen-bond donors (Lipinski definition) is 3. The van der Waals surface area contributed by atoms with E-state index in [1.54, 1.807) is 31.2 Å². The van der Waals surface area contributed by atoms with Crippen molar-refractivity contribution < 1.29 is 19.2 Å². The minimum absolute atomic E-state index is 0.00801. The largest absolute Gasteiger partial charge is 0.507 e. The molecule has 0 atom stereocenters. The lowest BCUT2D eigenvalue weighted by atomic mass is 10.1. The number of aromatic hydroxyl groups is 1. The normalized spacial score (nSPS) is 10.7. The van der Waals surface area contributed by atoms with E-state index in [2.05, 4.69) is 15.6 Å². The van der Waals surface area contributed by atoms with Crippen LogP contribution in [0.5, 0.6) is 5.75 Å². The molecule has 0 unspecified atom stereocenters. The number of phenolic OH excluding ortho intramolecular Hbond substituents is 1. The summed E-state index contributed by atoms with van der Waals surface area (Å²) in [5, 5.41) is 26.8. The predicted octanol–water partition coefficient (Wildman–Crippen LogP) is 4.54. The van der Waals surface area contributed by atoms with Crippen LogP contribution in [0.4, 0.5) is 11.4 Å². The van der Waals surface area contributed by atoms with Crippen molar-refractivity contribution in [3.63, 3.8) is 0 Å². The van der Waals surface area contributed by atoms with E-state index in [9.17, 15) is 20.0 Å². The van der Waals surface area contributed by atoms with Crippen LogP contribution in [0.15, 0.2) is 65.1 Å². The van der Waals surface area contributed by atoms with Gasteiger partial charge in [-0.2, -0.15) is 0 Å². The van der Waals surface area contributed by atoms with Gasteiger partial charge in [-0.1, -0.05) is 18.2 Å². The molecular weight excluding hydrogens is 432 g/mol. The van der Waals surface area contributed by atoms with Crippen molar-refractivity contribution >= 4 is 45.7 Å². The number of oxazole rings is 1. The number of nitro groups is 1. The number of nitro benzene ring substituents is 1. The van der Waals surface area contributed by atoms with E-state index in [0.717, 1.165) is 6.07 Å². The Hall–Kier alpha value is -4.31. The molecule has 160 valence electrons. The second kappa shape index (κ2) is 8.44. The number of carbonyl (C=O) groups excluding carboxylic acids is 1. The quantitative estimate of drug-likeness (QED) is 0.179. The first kappa shape index (κ1) is 20.9. The summed E-state index contributed by atoms with van der Waals surface area (Å²) < 4.78 is 5.75. The molecule has 0 bridgehead atoms. The van der Waals surface area contributed by atoms with Gasteiger partial charge in [0.15, 0.2) is 10.7 Å². The van der Waals surface area contributed by atoms with Crippen LogP contribution < -0.4 is 10.6 Å². The summed E-state index contributed by atoms with van der Waals surface area (Å²) in [6, 6.07) is 15.8. The molecule has 0 saturated carbocycles. The molecule has 1 amide bonds. The van der Waals surface area contributed by atoms with Crippen LogP contribution in [0.1, 0.15) is 15.9 Å². The summed E-state index contributed by atoms with van der Waals surface area (Å²) in [7, 11) is 0. The number of aryl methyl sites for hydroxylation is 1. The minimum atomic E-state index is -0.596. The Morgan fingerprint density at radius 2 is 1.94 bits per heavy atom. The van der Waals surface area contributed by atoms with Gasteiger partial charge in [0.1, 0.15) is 11.3 Å². The molecule has 1 heterocycles. The van der Waals surface area contributed by atoms with Gasteiger partial charge < -0.3 is 14.8 Å². The topological polar surface area (TPSA) is 131 Å². The van der Waals surface area contributed by atoms with Gasteiger partial charge in [0.25, 0.3) is 11.6 Å². The number of fused-ring (bicyclic) bond motifs is 1. The third kappa shape index (κ3) is 4.25. The van der Waals surface area contributed by atoms with Crippen molar-refractivity contribution in [2.75, 3.05) is 5.32 Å². The zero-order chi connectivity index (χ0) is 22.8. The first-order chi connectivity index (χ1) is 15.3. The summed E-state index contributed by atoms with van der Waals surface area (Å²) in [5.74, 6) is -0.350. The molecule has 9 nitrogen and oxygen atoms in total. The average Bonchev–Trinajstić information content (AvgIpc) is 3.20. The molecule has 3 N–H and O–H groups in total. The predicted molar refractivity (Wildman–Crippen MR) is 123 cm³/mol. The lowest BCUT2D eigenvalue weighted by molar-refractivity contribution is -0.384. The van der Waals surface area contributed by atoms with E-state index >= 15 is 0 Å². The standard InChI is InChI=1S/C22H16N4O5S/c1-12-9-14(11-16(19(12)27)21-24-17-7-2-3-8-18(17)31-21)23-22(32)25-20(28)13-5-4-6-15(10-13)26(29)30/h2-11,27H,1H3,(H2,23,25,28,32). The van der Waals surface area contributed by atoms with E-state index in [-0.39, 0.29) is 28.0 Å². The van der Waals surface area contributed by atoms with Crippen LogP contribution in [-0.4, -0.2) is 26.0 Å². The van der Waals surface area contributed by atoms with Crippen molar-refractivity contribution in [1.29, 1.82) is 0 Å². The Morgan fingerprint density at radius 1 is 1.16 bits per heavy atom. The van der Waals surface area contributed by atoms with Gasteiger partial charge in [0.05, 0.1) is 10.5 Å². The maximum Gasteiger partial charge on any atom is 0.270 e. The highest BCUT2D eigenvalue weighted by molar-refractivity contribution is 7.80. The highest BCUT2D eigenvalue weighted by Crippen LogP contribution is 2.36. The summed E-state index contributed by atoms with van der Waals surface area (Å²) in [5.41, 5.74) is 2.51. The molecular formula is C22H16N4O5S. The number of anilines is 1. The van der Waals surface area contributed by atoms with E-state index in [0.29, 0.717) is 27.9 Å². The maximum absolute atomic E-state index is 12.4. The molecule has 0 aliphatic carbocycles. The first-order valence-corrected chi connectivity index (χ1v) is 9.79. The number of rotatable bonds is 4. The summed E-state index contributed by atoms with van der Waals surface area (Å²) in [6.45, 7) is 1.71. The molecule has 4 rings (SSSR count).